The van der Waals surface area contributed by atoms with Crippen LogP contribution in [0.5, 0.6) is 0 Å². The monoisotopic (exact) mass is 290 g/mol. The predicted octanol–water partition coefficient (Wildman–Crippen LogP) is 2.01. The smallest absolute Gasteiger partial charge is 0.226 e. The first-order chi connectivity index (χ1) is 10.4. The Bertz CT molecular complexity index is 580. The van der Waals surface area contributed by atoms with Crippen LogP contribution < -0.4 is 10.6 Å². The number of anilines is 2. The standard InChI is InChI=1S/C14H22N6O/c1-2-5-16-14-19-12(11-13(20-14)18-9-17-11)15-6-7-21-8-10-3-4-10/h9-10H,2-8H2,1H3,(H3,15,16,17,18,19,20). The Kier molecular flexibility index (Phi) is 4.49. The van der Waals surface area contributed by atoms with Gasteiger partial charge in [-0.05, 0) is 25.2 Å². The molecule has 1 aliphatic carbocycles. The number of imidazole rings is 1. The first-order valence-corrected chi connectivity index (χ1v) is 7.63. The maximum Gasteiger partial charge on any atom is 0.226 e. The number of hydrogen-bond acceptors (Lipinski definition) is 6. The quantitative estimate of drug-likeness (QED) is 0.612. The zero-order valence-corrected chi connectivity index (χ0v) is 12.4. The lowest BCUT2D eigenvalue weighted by Gasteiger charge is -2.09. The van der Waals surface area contributed by atoms with Gasteiger partial charge in [-0.15, -0.1) is 0 Å². The summed E-state index contributed by atoms with van der Waals surface area (Å²) in [5.74, 6) is 2.18. The molecule has 0 spiro atoms. The van der Waals surface area contributed by atoms with E-state index in [0.717, 1.165) is 43.4 Å². The molecule has 0 saturated heterocycles. The number of nitrogens with zero attached hydrogens (tertiary/aromatic N) is 3. The molecule has 7 heteroatoms. The van der Waals surface area contributed by atoms with Crippen molar-refractivity contribution in [3.63, 3.8) is 0 Å². The number of rotatable bonds is 9. The maximum absolute atomic E-state index is 5.62. The largest absolute Gasteiger partial charge is 0.379 e. The Labute approximate surface area is 123 Å². The summed E-state index contributed by atoms with van der Waals surface area (Å²) in [5, 5.41) is 6.49. The average molecular weight is 290 g/mol. The van der Waals surface area contributed by atoms with Gasteiger partial charge >= 0.3 is 0 Å². The summed E-state index contributed by atoms with van der Waals surface area (Å²) in [6, 6.07) is 0. The van der Waals surface area contributed by atoms with Crippen LogP contribution in [-0.4, -0.2) is 46.2 Å². The fourth-order valence-electron chi connectivity index (χ4n) is 2.05. The predicted molar refractivity (Wildman–Crippen MR) is 82.5 cm³/mol. The molecule has 3 N–H and O–H groups in total. The van der Waals surface area contributed by atoms with Crippen molar-refractivity contribution in [1.29, 1.82) is 0 Å². The van der Waals surface area contributed by atoms with Crippen molar-refractivity contribution in [3.8, 4) is 0 Å². The number of aromatic amines is 1. The van der Waals surface area contributed by atoms with E-state index < -0.39 is 0 Å². The second-order valence-corrected chi connectivity index (χ2v) is 5.37. The molecule has 1 fully saturated rings. The van der Waals surface area contributed by atoms with Crippen molar-refractivity contribution in [2.75, 3.05) is 36.9 Å². The van der Waals surface area contributed by atoms with Gasteiger partial charge in [-0.25, -0.2) is 4.98 Å². The summed E-state index contributed by atoms with van der Waals surface area (Å²) in [7, 11) is 0. The van der Waals surface area contributed by atoms with Crippen LogP contribution in [0.2, 0.25) is 0 Å². The highest BCUT2D eigenvalue weighted by molar-refractivity contribution is 5.83. The number of ether oxygens (including phenoxy) is 1. The van der Waals surface area contributed by atoms with Gasteiger partial charge in [-0.3, -0.25) is 0 Å². The second kappa shape index (κ2) is 6.71. The van der Waals surface area contributed by atoms with E-state index in [1.807, 2.05) is 0 Å². The molecule has 0 bridgehead atoms. The Morgan fingerprint density at radius 1 is 1.29 bits per heavy atom. The van der Waals surface area contributed by atoms with Crippen LogP contribution in [0.15, 0.2) is 6.33 Å². The minimum Gasteiger partial charge on any atom is -0.379 e. The minimum absolute atomic E-state index is 0.609. The third-order valence-electron chi connectivity index (χ3n) is 3.41. The molecule has 1 aliphatic rings. The average Bonchev–Trinajstić information content (AvgIpc) is 3.19. The van der Waals surface area contributed by atoms with Gasteiger partial charge in [0.25, 0.3) is 0 Å². The molecule has 7 nitrogen and oxygen atoms in total. The van der Waals surface area contributed by atoms with E-state index in [9.17, 15) is 0 Å². The summed E-state index contributed by atoms with van der Waals surface area (Å²) in [6.07, 6.45) is 5.30. The highest BCUT2D eigenvalue weighted by atomic mass is 16.5. The number of fused-ring (bicyclic) bond motifs is 1. The lowest BCUT2D eigenvalue weighted by Crippen LogP contribution is -2.13. The summed E-state index contributed by atoms with van der Waals surface area (Å²) >= 11 is 0. The third kappa shape index (κ3) is 3.81. The van der Waals surface area contributed by atoms with Crippen molar-refractivity contribution in [2.45, 2.75) is 26.2 Å². The number of hydrogen-bond donors (Lipinski definition) is 3. The summed E-state index contributed by atoms with van der Waals surface area (Å²) in [5.41, 5.74) is 1.50. The molecule has 2 heterocycles. The SMILES string of the molecule is CCCNc1nc(NCCOCC2CC2)c2[nH]cnc2n1. The van der Waals surface area contributed by atoms with E-state index >= 15 is 0 Å². The van der Waals surface area contributed by atoms with Crippen LogP contribution in [0.3, 0.4) is 0 Å². The van der Waals surface area contributed by atoms with Gasteiger partial charge in [-0.1, -0.05) is 6.92 Å². The van der Waals surface area contributed by atoms with Gasteiger partial charge in [0.1, 0.15) is 5.52 Å². The van der Waals surface area contributed by atoms with Gasteiger partial charge in [-0.2, -0.15) is 9.97 Å². The van der Waals surface area contributed by atoms with E-state index in [1.165, 1.54) is 12.8 Å². The van der Waals surface area contributed by atoms with Crippen molar-refractivity contribution < 1.29 is 4.74 Å². The fourth-order valence-corrected chi connectivity index (χ4v) is 2.05. The van der Waals surface area contributed by atoms with Crippen molar-refractivity contribution in [1.82, 2.24) is 19.9 Å². The first kappa shape index (κ1) is 14.1. The zero-order valence-electron chi connectivity index (χ0n) is 12.4. The fraction of sp³-hybridized carbons (Fsp3) is 0.643. The van der Waals surface area contributed by atoms with Crippen LogP contribution in [0, 0.1) is 5.92 Å². The zero-order chi connectivity index (χ0) is 14.5. The molecule has 0 atom stereocenters. The van der Waals surface area contributed by atoms with E-state index in [4.69, 9.17) is 4.74 Å². The van der Waals surface area contributed by atoms with Crippen molar-refractivity contribution in [3.05, 3.63) is 6.33 Å². The number of aromatic nitrogens is 4. The van der Waals surface area contributed by atoms with Crippen molar-refractivity contribution >= 4 is 22.9 Å². The van der Waals surface area contributed by atoms with E-state index in [-0.39, 0.29) is 0 Å². The second-order valence-electron chi connectivity index (χ2n) is 5.37. The minimum atomic E-state index is 0.609. The van der Waals surface area contributed by atoms with Crippen LogP contribution in [0.4, 0.5) is 11.8 Å². The van der Waals surface area contributed by atoms with Crippen LogP contribution in [-0.2, 0) is 4.74 Å². The number of nitrogens with one attached hydrogen (secondary N) is 3. The molecule has 2 aromatic rings. The van der Waals surface area contributed by atoms with Crippen LogP contribution >= 0.6 is 0 Å². The Hall–Kier alpha value is -1.89. The lowest BCUT2D eigenvalue weighted by molar-refractivity contribution is 0.134. The molecule has 0 unspecified atom stereocenters. The third-order valence-corrected chi connectivity index (χ3v) is 3.41. The normalized spacial score (nSPS) is 14.5. The molecule has 0 aromatic carbocycles. The molecular weight excluding hydrogens is 268 g/mol. The molecule has 21 heavy (non-hydrogen) atoms. The van der Waals surface area contributed by atoms with Crippen LogP contribution in [0.25, 0.3) is 11.2 Å². The Morgan fingerprint density at radius 3 is 3.00 bits per heavy atom. The summed E-state index contributed by atoms with van der Waals surface area (Å²) in [4.78, 5) is 16.1. The van der Waals surface area contributed by atoms with Gasteiger partial charge in [0.15, 0.2) is 11.5 Å². The number of H-pyrrole nitrogens is 1. The molecule has 0 radical (unpaired) electrons. The van der Waals surface area contributed by atoms with Crippen LogP contribution in [0.1, 0.15) is 26.2 Å². The Balaban J connectivity index is 1.59. The van der Waals surface area contributed by atoms with Gasteiger partial charge in [0.2, 0.25) is 5.95 Å². The molecule has 1 saturated carbocycles. The van der Waals surface area contributed by atoms with Gasteiger partial charge < -0.3 is 20.4 Å². The molecular formula is C14H22N6O. The van der Waals surface area contributed by atoms with E-state index in [2.05, 4.69) is 37.5 Å². The van der Waals surface area contributed by atoms with Gasteiger partial charge in [0.05, 0.1) is 12.9 Å². The lowest BCUT2D eigenvalue weighted by atomic mass is 10.4. The summed E-state index contributed by atoms with van der Waals surface area (Å²) < 4.78 is 5.62. The molecule has 0 aliphatic heterocycles. The molecule has 0 amide bonds. The van der Waals surface area contributed by atoms with Crippen molar-refractivity contribution in [2.24, 2.45) is 5.92 Å². The Morgan fingerprint density at radius 2 is 2.19 bits per heavy atom. The van der Waals surface area contributed by atoms with E-state index in [0.29, 0.717) is 18.2 Å². The summed E-state index contributed by atoms with van der Waals surface area (Å²) in [6.45, 7) is 5.25. The van der Waals surface area contributed by atoms with Gasteiger partial charge in [0, 0.05) is 19.7 Å². The molecule has 2 aromatic heterocycles. The highest BCUT2D eigenvalue weighted by Gasteiger charge is 2.20. The maximum atomic E-state index is 5.62. The highest BCUT2D eigenvalue weighted by Crippen LogP contribution is 2.28. The molecule has 3 rings (SSSR count). The topological polar surface area (TPSA) is 87.8 Å². The first-order valence-electron chi connectivity index (χ1n) is 7.63. The molecule has 114 valence electrons. The van der Waals surface area contributed by atoms with E-state index in [1.54, 1.807) is 6.33 Å².